The van der Waals surface area contributed by atoms with Crippen LogP contribution >= 0.6 is 0 Å². The van der Waals surface area contributed by atoms with Crippen molar-refractivity contribution in [1.82, 2.24) is 19.9 Å². The van der Waals surface area contributed by atoms with E-state index in [0.29, 0.717) is 29.3 Å². The fraction of sp³-hybridized carbons (Fsp3) is 0.474. The van der Waals surface area contributed by atoms with Crippen LogP contribution in [0, 0.1) is 26.7 Å². The van der Waals surface area contributed by atoms with E-state index in [0.717, 1.165) is 10.6 Å². The molecular weight excluding hydrogens is 348 g/mol. The van der Waals surface area contributed by atoms with E-state index in [-0.39, 0.29) is 24.2 Å². The summed E-state index contributed by atoms with van der Waals surface area (Å²) in [6.45, 7) is 9.14. The summed E-state index contributed by atoms with van der Waals surface area (Å²) in [7, 11) is 0. The van der Waals surface area contributed by atoms with Crippen LogP contribution in [-0.4, -0.2) is 44.9 Å². The van der Waals surface area contributed by atoms with Gasteiger partial charge in [0, 0.05) is 23.0 Å². The van der Waals surface area contributed by atoms with Crippen LogP contribution in [0.15, 0.2) is 16.7 Å². The van der Waals surface area contributed by atoms with Crippen molar-refractivity contribution < 1.29 is 18.9 Å². The standard InChI is InChI=1S/C19H24N4O4/c1-10(2)6-15-18(25)22(19(26)20-15)9-16(24)14-7-11(3)23(13(14)5)17-8-12(4)27-21-17/h7-8,10,15H,6,9H2,1-5H3,(H,20,26)/t15-/m1/s1. The van der Waals surface area contributed by atoms with Gasteiger partial charge in [0.25, 0.3) is 5.91 Å². The summed E-state index contributed by atoms with van der Waals surface area (Å²) in [5.41, 5.74) is 1.97. The number of imide groups is 1. The van der Waals surface area contributed by atoms with Gasteiger partial charge < -0.3 is 9.84 Å². The van der Waals surface area contributed by atoms with Crippen molar-refractivity contribution in [2.45, 2.75) is 47.1 Å². The molecule has 1 N–H and O–H groups in total. The molecule has 1 atom stereocenters. The van der Waals surface area contributed by atoms with E-state index in [9.17, 15) is 14.4 Å². The van der Waals surface area contributed by atoms with Gasteiger partial charge in [0.2, 0.25) is 0 Å². The Morgan fingerprint density at radius 3 is 2.56 bits per heavy atom. The molecule has 144 valence electrons. The largest absolute Gasteiger partial charge is 0.360 e. The van der Waals surface area contributed by atoms with E-state index in [4.69, 9.17) is 4.52 Å². The molecule has 1 fully saturated rings. The van der Waals surface area contributed by atoms with Gasteiger partial charge in [0.15, 0.2) is 11.6 Å². The Morgan fingerprint density at radius 1 is 1.26 bits per heavy atom. The number of nitrogens with one attached hydrogen (secondary N) is 1. The second kappa shape index (κ2) is 7.02. The summed E-state index contributed by atoms with van der Waals surface area (Å²) >= 11 is 0. The maximum Gasteiger partial charge on any atom is 0.325 e. The second-order valence-electron chi connectivity index (χ2n) is 7.40. The van der Waals surface area contributed by atoms with Crippen molar-refractivity contribution in [1.29, 1.82) is 0 Å². The third-order valence-electron chi connectivity index (χ3n) is 4.69. The normalized spacial score (nSPS) is 17.1. The molecule has 27 heavy (non-hydrogen) atoms. The van der Waals surface area contributed by atoms with Crippen molar-refractivity contribution >= 4 is 17.7 Å². The highest BCUT2D eigenvalue weighted by Crippen LogP contribution is 2.22. The summed E-state index contributed by atoms with van der Waals surface area (Å²) in [4.78, 5) is 38.4. The molecule has 3 heterocycles. The minimum atomic E-state index is -0.559. The summed E-state index contributed by atoms with van der Waals surface area (Å²) < 4.78 is 6.93. The molecule has 0 aliphatic carbocycles. The first kappa shape index (κ1) is 18.9. The molecule has 0 unspecified atom stereocenters. The number of urea groups is 1. The third kappa shape index (κ3) is 3.51. The fourth-order valence-electron chi connectivity index (χ4n) is 3.44. The zero-order valence-electron chi connectivity index (χ0n) is 16.2. The Kier molecular flexibility index (Phi) is 4.91. The molecule has 1 aliphatic rings. The molecule has 1 aliphatic heterocycles. The molecule has 0 spiro atoms. The van der Waals surface area contributed by atoms with Gasteiger partial charge >= 0.3 is 6.03 Å². The fourth-order valence-corrected chi connectivity index (χ4v) is 3.44. The Labute approximate surface area is 157 Å². The van der Waals surface area contributed by atoms with E-state index in [1.54, 1.807) is 26.0 Å². The number of rotatable bonds is 6. The number of amides is 3. The molecule has 0 bridgehead atoms. The van der Waals surface area contributed by atoms with Crippen LogP contribution in [-0.2, 0) is 4.79 Å². The number of Topliss-reactive ketones (excluding diaryl/α,β-unsaturated/α-hetero) is 1. The van der Waals surface area contributed by atoms with Crippen molar-refractivity contribution in [3.63, 3.8) is 0 Å². The number of carbonyl (C=O) groups excluding carboxylic acids is 3. The average molecular weight is 372 g/mol. The van der Waals surface area contributed by atoms with Crippen LogP contribution in [0.1, 0.15) is 47.8 Å². The lowest BCUT2D eigenvalue weighted by Crippen LogP contribution is -2.36. The number of hydrogen-bond acceptors (Lipinski definition) is 5. The second-order valence-corrected chi connectivity index (χ2v) is 7.40. The smallest absolute Gasteiger partial charge is 0.325 e. The maximum absolute atomic E-state index is 12.8. The van der Waals surface area contributed by atoms with Crippen molar-refractivity contribution in [2.75, 3.05) is 6.54 Å². The molecule has 0 aromatic carbocycles. The van der Waals surface area contributed by atoms with Gasteiger partial charge in [-0.1, -0.05) is 19.0 Å². The minimum Gasteiger partial charge on any atom is -0.360 e. The van der Waals surface area contributed by atoms with Crippen molar-refractivity contribution in [3.05, 3.63) is 34.8 Å². The van der Waals surface area contributed by atoms with Crippen LogP contribution in [0.3, 0.4) is 0 Å². The van der Waals surface area contributed by atoms with Gasteiger partial charge in [-0.2, -0.15) is 0 Å². The van der Waals surface area contributed by atoms with Gasteiger partial charge in [-0.3, -0.25) is 19.1 Å². The SMILES string of the molecule is Cc1cc(-n2c(C)cc(C(=O)CN3C(=O)N[C@H](CC(C)C)C3=O)c2C)no1. The number of nitrogens with zero attached hydrogens (tertiary/aromatic N) is 3. The highest BCUT2D eigenvalue weighted by atomic mass is 16.5. The van der Waals surface area contributed by atoms with Crippen LogP contribution in [0.2, 0.25) is 0 Å². The van der Waals surface area contributed by atoms with Gasteiger partial charge in [-0.15, -0.1) is 0 Å². The molecule has 2 aromatic rings. The van der Waals surface area contributed by atoms with Gasteiger partial charge in [0.1, 0.15) is 11.8 Å². The number of ketones is 1. The van der Waals surface area contributed by atoms with Crippen LogP contribution < -0.4 is 5.32 Å². The quantitative estimate of drug-likeness (QED) is 0.621. The van der Waals surface area contributed by atoms with Crippen molar-refractivity contribution in [2.24, 2.45) is 5.92 Å². The highest BCUT2D eigenvalue weighted by molar-refractivity contribution is 6.09. The van der Waals surface area contributed by atoms with Crippen LogP contribution in [0.5, 0.6) is 0 Å². The monoisotopic (exact) mass is 372 g/mol. The Hall–Kier alpha value is -2.90. The highest BCUT2D eigenvalue weighted by Gasteiger charge is 2.39. The molecule has 0 radical (unpaired) electrons. The predicted molar refractivity (Wildman–Crippen MR) is 97.9 cm³/mol. The van der Waals surface area contributed by atoms with Gasteiger partial charge in [0.05, 0.1) is 6.54 Å². The first-order chi connectivity index (χ1) is 12.7. The summed E-state index contributed by atoms with van der Waals surface area (Å²) in [5.74, 6) is 0.889. The minimum absolute atomic E-state index is 0.264. The number of hydrogen-bond donors (Lipinski definition) is 1. The number of carbonyl (C=O) groups is 3. The van der Waals surface area contributed by atoms with Crippen LogP contribution in [0.25, 0.3) is 5.82 Å². The lowest BCUT2D eigenvalue weighted by molar-refractivity contribution is -0.127. The molecule has 0 saturated carbocycles. The number of aromatic nitrogens is 2. The first-order valence-electron chi connectivity index (χ1n) is 8.96. The van der Waals surface area contributed by atoms with E-state index in [2.05, 4.69) is 10.5 Å². The third-order valence-corrected chi connectivity index (χ3v) is 4.69. The average Bonchev–Trinajstić information content (AvgIpc) is 3.20. The summed E-state index contributed by atoms with van der Waals surface area (Å²) in [5, 5.41) is 6.65. The zero-order valence-corrected chi connectivity index (χ0v) is 16.2. The molecule has 3 amide bonds. The molecule has 2 aromatic heterocycles. The molecule has 8 nitrogen and oxygen atoms in total. The van der Waals surface area contributed by atoms with Crippen LogP contribution in [0.4, 0.5) is 4.79 Å². The van der Waals surface area contributed by atoms with Gasteiger partial charge in [-0.05, 0) is 39.2 Å². The molecule has 1 saturated heterocycles. The van der Waals surface area contributed by atoms with Gasteiger partial charge in [-0.25, -0.2) is 4.79 Å². The number of aryl methyl sites for hydroxylation is 2. The predicted octanol–water partition coefficient (Wildman–Crippen LogP) is 2.54. The lowest BCUT2D eigenvalue weighted by atomic mass is 10.0. The maximum atomic E-state index is 12.8. The van der Waals surface area contributed by atoms with E-state index in [1.807, 2.05) is 25.3 Å². The first-order valence-corrected chi connectivity index (χ1v) is 8.96. The zero-order chi connectivity index (χ0) is 19.9. The summed E-state index contributed by atoms with van der Waals surface area (Å²) in [6.07, 6.45) is 0.551. The lowest BCUT2D eigenvalue weighted by Gasteiger charge is -2.13. The van der Waals surface area contributed by atoms with E-state index in [1.165, 1.54) is 0 Å². The Morgan fingerprint density at radius 2 is 1.96 bits per heavy atom. The summed E-state index contributed by atoms with van der Waals surface area (Å²) in [6, 6.07) is 2.45. The topological polar surface area (TPSA) is 97.4 Å². The molecule has 3 rings (SSSR count). The Balaban J connectivity index is 1.81. The van der Waals surface area contributed by atoms with E-state index >= 15 is 0 Å². The van der Waals surface area contributed by atoms with Crippen molar-refractivity contribution in [3.8, 4) is 5.82 Å². The van der Waals surface area contributed by atoms with E-state index < -0.39 is 12.1 Å². The molecular formula is C19H24N4O4. The Bertz CT molecular complexity index is 909. The molecule has 8 heteroatoms.